The lowest BCUT2D eigenvalue weighted by molar-refractivity contribution is -0.167. The Bertz CT molecular complexity index is 1180. The maximum Gasteiger partial charge on any atom is 0.306 e. The lowest BCUT2D eigenvalue weighted by Gasteiger charge is -2.18. The lowest BCUT2D eigenvalue weighted by Crippen LogP contribution is -2.30. The van der Waals surface area contributed by atoms with Gasteiger partial charge in [0.15, 0.2) is 6.10 Å². The first kappa shape index (κ1) is 58.9. The van der Waals surface area contributed by atoms with Crippen molar-refractivity contribution in [3.63, 3.8) is 0 Å². The first-order valence-electron chi connectivity index (χ1n) is 25.9. The summed E-state index contributed by atoms with van der Waals surface area (Å²) in [5, 5.41) is 0. The van der Waals surface area contributed by atoms with Crippen molar-refractivity contribution in [1.82, 2.24) is 0 Å². The molecule has 0 aliphatic carbocycles. The van der Waals surface area contributed by atoms with Crippen molar-refractivity contribution < 1.29 is 28.6 Å². The molecule has 0 fully saturated rings. The molecule has 1 atom stereocenters. The van der Waals surface area contributed by atoms with E-state index in [9.17, 15) is 14.4 Å². The molecule has 0 heterocycles. The molecule has 6 heteroatoms. The second-order valence-electron chi connectivity index (χ2n) is 17.0. The molecule has 6 nitrogen and oxygen atoms in total. The number of ether oxygens (including phenoxy) is 3. The summed E-state index contributed by atoms with van der Waals surface area (Å²) < 4.78 is 16.8. The van der Waals surface area contributed by atoms with Gasteiger partial charge in [0.2, 0.25) is 0 Å². The van der Waals surface area contributed by atoms with Crippen molar-refractivity contribution in [1.29, 1.82) is 0 Å². The van der Waals surface area contributed by atoms with E-state index in [4.69, 9.17) is 14.2 Å². The van der Waals surface area contributed by atoms with E-state index < -0.39 is 6.10 Å². The number of esters is 3. The normalized spacial score (nSPS) is 12.6. The molecule has 0 aliphatic heterocycles. The van der Waals surface area contributed by atoms with E-state index in [0.29, 0.717) is 19.3 Å². The third-order valence-corrected chi connectivity index (χ3v) is 11.0. The van der Waals surface area contributed by atoms with Crippen LogP contribution < -0.4 is 0 Å². The molecule has 0 aromatic rings. The van der Waals surface area contributed by atoms with Crippen LogP contribution in [0.2, 0.25) is 0 Å². The Morgan fingerprint density at radius 1 is 0.339 bits per heavy atom. The molecule has 356 valence electrons. The Morgan fingerprint density at radius 2 is 0.629 bits per heavy atom. The third-order valence-electron chi connectivity index (χ3n) is 11.0. The van der Waals surface area contributed by atoms with Gasteiger partial charge in [-0.05, 0) is 83.5 Å². The molecule has 0 saturated carbocycles. The average molecular weight is 865 g/mol. The van der Waals surface area contributed by atoms with Crippen LogP contribution in [0.3, 0.4) is 0 Å². The number of unbranched alkanes of at least 4 members (excludes halogenated alkanes) is 23. The molecule has 0 N–H and O–H groups in total. The summed E-state index contributed by atoms with van der Waals surface area (Å²) in [6, 6.07) is 0. The highest BCUT2D eigenvalue weighted by Crippen LogP contribution is 2.15. The summed E-state index contributed by atoms with van der Waals surface area (Å²) in [6.07, 6.45) is 63.1. The van der Waals surface area contributed by atoms with Crippen LogP contribution in [0, 0.1) is 0 Å². The van der Waals surface area contributed by atoms with Crippen LogP contribution in [0.25, 0.3) is 0 Å². The van der Waals surface area contributed by atoms with Crippen molar-refractivity contribution in [2.45, 2.75) is 252 Å². The molecule has 0 aromatic carbocycles. The van der Waals surface area contributed by atoms with Crippen LogP contribution >= 0.6 is 0 Å². The molecular formula is C56H96O6. The number of hydrogen-bond donors (Lipinski definition) is 0. The molecular weight excluding hydrogens is 769 g/mol. The molecule has 0 spiro atoms. The van der Waals surface area contributed by atoms with Gasteiger partial charge in [0.1, 0.15) is 13.2 Å². The number of hydrogen-bond acceptors (Lipinski definition) is 6. The smallest absolute Gasteiger partial charge is 0.306 e. The molecule has 0 amide bonds. The fraction of sp³-hybridized carbons (Fsp3) is 0.732. The Kier molecular flexibility index (Phi) is 47.9. The largest absolute Gasteiger partial charge is 0.462 e. The van der Waals surface area contributed by atoms with Crippen LogP contribution in [-0.4, -0.2) is 37.2 Å². The zero-order valence-electron chi connectivity index (χ0n) is 40.6. The van der Waals surface area contributed by atoms with Gasteiger partial charge in [0.25, 0.3) is 0 Å². The SMILES string of the molecule is CC/C=C\C/C=C\C/C=C\C/C=C\CCCCCCCCC(=O)OCC(COC(=O)CCCCCCC/C=C\C/C=C\CC)OC(=O)CCCCCCCCCCCCCCC. The van der Waals surface area contributed by atoms with E-state index in [1.165, 1.54) is 83.5 Å². The minimum absolute atomic E-state index is 0.0862. The molecule has 1 unspecified atom stereocenters. The number of carbonyl (C=O) groups is 3. The van der Waals surface area contributed by atoms with Crippen molar-refractivity contribution >= 4 is 17.9 Å². The number of carbonyl (C=O) groups excluding carboxylic acids is 3. The fourth-order valence-corrected chi connectivity index (χ4v) is 7.12. The highest BCUT2D eigenvalue weighted by Gasteiger charge is 2.19. The Balaban J connectivity index is 4.38. The first-order chi connectivity index (χ1) is 30.5. The predicted molar refractivity (Wildman–Crippen MR) is 265 cm³/mol. The third kappa shape index (κ3) is 47.9. The standard InChI is InChI=1S/C56H96O6/c1-4-7-10-13-16-19-22-25-26-27-28-29-30-32-34-37-40-43-46-49-55(58)61-52-53(51-60-54(57)48-45-42-39-36-33-24-21-18-15-12-9-6-3)62-56(59)50-47-44-41-38-35-31-23-20-17-14-11-8-5-2/h7,9-10,12,16,18-19,21,25-26,28-29,53H,4-6,8,11,13-15,17,20,22-24,27,30-52H2,1-3H3/b10-7-,12-9-,19-16-,21-18-,26-25-,29-28-. The van der Waals surface area contributed by atoms with Crippen LogP contribution in [0.5, 0.6) is 0 Å². The summed E-state index contributed by atoms with van der Waals surface area (Å²) in [7, 11) is 0. The van der Waals surface area contributed by atoms with E-state index in [2.05, 4.69) is 93.7 Å². The van der Waals surface area contributed by atoms with Crippen LogP contribution in [0.4, 0.5) is 0 Å². The van der Waals surface area contributed by atoms with Crippen molar-refractivity contribution in [3.8, 4) is 0 Å². The van der Waals surface area contributed by atoms with E-state index in [0.717, 1.165) is 122 Å². The molecule has 0 bridgehead atoms. The maximum atomic E-state index is 12.8. The molecule has 62 heavy (non-hydrogen) atoms. The van der Waals surface area contributed by atoms with Crippen LogP contribution in [0.1, 0.15) is 245 Å². The molecule has 0 saturated heterocycles. The van der Waals surface area contributed by atoms with E-state index >= 15 is 0 Å². The zero-order chi connectivity index (χ0) is 45.1. The second-order valence-corrected chi connectivity index (χ2v) is 17.0. The van der Waals surface area contributed by atoms with Gasteiger partial charge in [0, 0.05) is 19.3 Å². The number of allylic oxidation sites excluding steroid dienone is 12. The Labute approximate surface area is 382 Å². The van der Waals surface area contributed by atoms with Gasteiger partial charge in [-0.25, -0.2) is 0 Å². The molecule has 0 radical (unpaired) electrons. The quantitative estimate of drug-likeness (QED) is 0.0262. The first-order valence-corrected chi connectivity index (χ1v) is 25.9. The van der Waals surface area contributed by atoms with Gasteiger partial charge >= 0.3 is 17.9 Å². The molecule has 0 rings (SSSR count). The van der Waals surface area contributed by atoms with Gasteiger partial charge < -0.3 is 14.2 Å². The van der Waals surface area contributed by atoms with Gasteiger partial charge in [-0.2, -0.15) is 0 Å². The minimum Gasteiger partial charge on any atom is -0.462 e. The monoisotopic (exact) mass is 865 g/mol. The second kappa shape index (κ2) is 50.5. The van der Waals surface area contributed by atoms with Gasteiger partial charge in [-0.1, -0.05) is 216 Å². The van der Waals surface area contributed by atoms with Gasteiger partial charge in [0.05, 0.1) is 0 Å². The van der Waals surface area contributed by atoms with Crippen molar-refractivity contribution in [2.75, 3.05) is 13.2 Å². The topological polar surface area (TPSA) is 78.9 Å². The zero-order valence-corrected chi connectivity index (χ0v) is 40.6. The lowest BCUT2D eigenvalue weighted by atomic mass is 10.0. The predicted octanol–water partition coefficient (Wildman–Crippen LogP) is 17.0. The summed E-state index contributed by atoms with van der Waals surface area (Å²) in [4.78, 5) is 38.0. The number of rotatable bonds is 46. The maximum absolute atomic E-state index is 12.8. The van der Waals surface area contributed by atoms with Crippen molar-refractivity contribution in [2.24, 2.45) is 0 Å². The minimum atomic E-state index is -0.784. The van der Waals surface area contributed by atoms with Gasteiger partial charge in [-0.3, -0.25) is 14.4 Å². The Hall–Kier alpha value is -3.15. The summed E-state index contributed by atoms with van der Waals surface area (Å²) in [5.74, 6) is -0.910. The molecule has 0 aromatic heterocycles. The molecule has 0 aliphatic rings. The van der Waals surface area contributed by atoms with Crippen LogP contribution in [0.15, 0.2) is 72.9 Å². The highest BCUT2D eigenvalue weighted by molar-refractivity contribution is 5.71. The van der Waals surface area contributed by atoms with E-state index in [-0.39, 0.29) is 31.1 Å². The Morgan fingerprint density at radius 3 is 0.984 bits per heavy atom. The van der Waals surface area contributed by atoms with Gasteiger partial charge in [-0.15, -0.1) is 0 Å². The summed E-state index contributed by atoms with van der Waals surface area (Å²) >= 11 is 0. The summed E-state index contributed by atoms with van der Waals surface area (Å²) in [6.45, 7) is 6.39. The summed E-state index contributed by atoms with van der Waals surface area (Å²) in [5.41, 5.74) is 0. The average Bonchev–Trinajstić information content (AvgIpc) is 3.27. The van der Waals surface area contributed by atoms with E-state index in [1.807, 2.05) is 0 Å². The van der Waals surface area contributed by atoms with Crippen LogP contribution in [-0.2, 0) is 28.6 Å². The van der Waals surface area contributed by atoms with E-state index in [1.54, 1.807) is 0 Å². The fourth-order valence-electron chi connectivity index (χ4n) is 7.12. The van der Waals surface area contributed by atoms with Crippen molar-refractivity contribution in [3.05, 3.63) is 72.9 Å². The highest BCUT2D eigenvalue weighted by atomic mass is 16.6.